The lowest BCUT2D eigenvalue weighted by Crippen LogP contribution is -2.39. The second-order valence-corrected chi connectivity index (χ2v) is 5.55. The van der Waals surface area contributed by atoms with Crippen molar-refractivity contribution in [3.8, 4) is 0 Å². The van der Waals surface area contributed by atoms with Gasteiger partial charge >= 0.3 is 0 Å². The van der Waals surface area contributed by atoms with Crippen molar-refractivity contribution in [1.29, 1.82) is 0 Å². The van der Waals surface area contributed by atoms with Gasteiger partial charge < -0.3 is 10.1 Å². The Balaban J connectivity index is 1.87. The van der Waals surface area contributed by atoms with E-state index in [4.69, 9.17) is 4.74 Å². The maximum absolute atomic E-state index is 5.45. The summed E-state index contributed by atoms with van der Waals surface area (Å²) in [5, 5.41) is 3.53. The molecule has 1 fully saturated rings. The zero-order valence-corrected chi connectivity index (χ0v) is 11.3. The molecular formula is C15H22N2O. The summed E-state index contributed by atoms with van der Waals surface area (Å²) in [4.78, 5) is 2.55. The minimum Gasteiger partial charge on any atom is -0.383 e. The molecule has 2 aliphatic heterocycles. The quantitative estimate of drug-likeness (QED) is 0.868. The van der Waals surface area contributed by atoms with Crippen LogP contribution in [0.4, 0.5) is 5.69 Å². The first-order valence-corrected chi connectivity index (χ1v) is 6.95. The number of ether oxygens (including phenoxy) is 1. The third-order valence-corrected chi connectivity index (χ3v) is 4.07. The summed E-state index contributed by atoms with van der Waals surface area (Å²) in [6.07, 6.45) is 0. The van der Waals surface area contributed by atoms with E-state index in [2.05, 4.69) is 42.3 Å². The van der Waals surface area contributed by atoms with Gasteiger partial charge in [-0.05, 0) is 23.1 Å². The fraction of sp³-hybridized carbons (Fsp3) is 0.600. The largest absolute Gasteiger partial charge is 0.383 e. The highest BCUT2D eigenvalue weighted by molar-refractivity contribution is 5.59. The molecule has 3 rings (SSSR count). The summed E-state index contributed by atoms with van der Waals surface area (Å²) in [7, 11) is 0. The second kappa shape index (κ2) is 4.90. The summed E-state index contributed by atoms with van der Waals surface area (Å²) in [5.74, 6) is 0.598. The monoisotopic (exact) mass is 246 g/mol. The first-order valence-electron chi connectivity index (χ1n) is 6.95. The molecule has 3 nitrogen and oxygen atoms in total. The van der Waals surface area contributed by atoms with Gasteiger partial charge in [0.15, 0.2) is 0 Å². The van der Waals surface area contributed by atoms with Gasteiger partial charge in [-0.15, -0.1) is 0 Å². The minimum atomic E-state index is 0.530. The lowest BCUT2D eigenvalue weighted by molar-refractivity contribution is 0.0200. The Morgan fingerprint density at radius 1 is 1.28 bits per heavy atom. The van der Waals surface area contributed by atoms with E-state index >= 15 is 0 Å². The van der Waals surface area contributed by atoms with Crippen molar-refractivity contribution in [3.63, 3.8) is 0 Å². The maximum atomic E-state index is 5.45. The van der Waals surface area contributed by atoms with Crippen LogP contribution in [0.25, 0.3) is 0 Å². The van der Waals surface area contributed by atoms with E-state index in [1.807, 2.05) is 0 Å². The molecule has 2 aliphatic rings. The SMILES string of the molecule is CC(C)c1ccc2c(c1)C(N1CCOCC1)CN2. The van der Waals surface area contributed by atoms with Crippen LogP contribution < -0.4 is 5.32 Å². The molecule has 0 amide bonds. The minimum absolute atomic E-state index is 0.530. The average Bonchev–Trinajstić information content (AvgIpc) is 2.82. The Labute approximate surface area is 109 Å². The number of nitrogens with one attached hydrogen (secondary N) is 1. The van der Waals surface area contributed by atoms with Crippen LogP contribution >= 0.6 is 0 Å². The molecule has 0 radical (unpaired) electrons. The van der Waals surface area contributed by atoms with Crippen molar-refractivity contribution in [2.45, 2.75) is 25.8 Å². The molecule has 1 saturated heterocycles. The molecule has 0 spiro atoms. The van der Waals surface area contributed by atoms with E-state index in [0.717, 1.165) is 32.8 Å². The van der Waals surface area contributed by atoms with E-state index in [1.165, 1.54) is 16.8 Å². The van der Waals surface area contributed by atoms with Crippen LogP contribution in [0.3, 0.4) is 0 Å². The number of hydrogen-bond acceptors (Lipinski definition) is 3. The molecule has 0 saturated carbocycles. The fourth-order valence-corrected chi connectivity index (χ4v) is 2.91. The molecule has 98 valence electrons. The van der Waals surface area contributed by atoms with E-state index in [9.17, 15) is 0 Å². The van der Waals surface area contributed by atoms with Gasteiger partial charge in [0.25, 0.3) is 0 Å². The van der Waals surface area contributed by atoms with Gasteiger partial charge in [-0.25, -0.2) is 0 Å². The molecule has 2 heterocycles. The summed E-state index contributed by atoms with van der Waals surface area (Å²) >= 11 is 0. The van der Waals surface area contributed by atoms with Crippen molar-refractivity contribution in [2.24, 2.45) is 0 Å². The highest BCUT2D eigenvalue weighted by Gasteiger charge is 2.29. The van der Waals surface area contributed by atoms with Crippen molar-refractivity contribution in [1.82, 2.24) is 4.90 Å². The average molecular weight is 246 g/mol. The van der Waals surface area contributed by atoms with Crippen molar-refractivity contribution >= 4 is 5.69 Å². The Bertz CT molecular complexity index is 425. The number of morpholine rings is 1. The summed E-state index contributed by atoms with van der Waals surface area (Å²) in [6, 6.07) is 7.41. The topological polar surface area (TPSA) is 24.5 Å². The molecule has 1 atom stereocenters. The molecule has 1 aromatic rings. The Morgan fingerprint density at radius 2 is 2.06 bits per heavy atom. The van der Waals surface area contributed by atoms with Crippen LogP contribution in [-0.4, -0.2) is 37.7 Å². The van der Waals surface area contributed by atoms with Crippen molar-refractivity contribution < 1.29 is 4.74 Å². The number of nitrogens with zero attached hydrogens (tertiary/aromatic N) is 1. The van der Waals surface area contributed by atoms with Gasteiger partial charge in [-0.1, -0.05) is 26.0 Å². The Morgan fingerprint density at radius 3 is 2.78 bits per heavy atom. The van der Waals surface area contributed by atoms with Crippen molar-refractivity contribution in [3.05, 3.63) is 29.3 Å². The van der Waals surface area contributed by atoms with Gasteiger partial charge in [-0.3, -0.25) is 4.90 Å². The maximum Gasteiger partial charge on any atom is 0.0594 e. The van der Waals surface area contributed by atoms with E-state index in [-0.39, 0.29) is 0 Å². The smallest absolute Gasteiger partial charge is 0.0594 e. The number of rotatable bonds is 2. The predicted octanol–water partition coefficient (Wildman–Crippen LogP) is 2.61. The molecular weight excluding hydrogens is 224 g/mol. The molecule has 0 aromatic heterocycles. The van der Waals surface area contributed by atoms with Gasteiger partial charge in [0, 0.05) is 25.3 Å². The first kappa shape index (κ1) is 12.0. The Hall–Kier alpha value is -1.06. The summed E-state index contributed by atoms with van der Waals surface area (Å²) in [6.45, 7) is 9.40. The highest BCUT2D eigenvalue weighted by Crippen LogP contribution is 2.36. The Kier molecular flexibility index (Phi) is 3.27. The number of fused-ring (bicyclic) bond motifs is 1. The van der Waals surface area contributed by atoms with Crippen LogP contribution in [0, 0.1) is 0 Å². The summed E-state index contributed by atoms with van der Waals surface area (Å²) < 4.78 is 5.45. The van der Waals surface area contributed by atoms with Crippen LogP contribution in [0.2, 0.25) is 0 Å². The van der Waals surface area contributed by atoms with Crippen LogP contribution in [-0.2, 0) is 4.74 Å². The van der Waals surface area contributed by atoms with Gasteiger partial charge in [-0.2, -0.15) is 0 Å². The standard InChI is InChI=1S/C15H22N2O/c1-11(2)12-3-4-14-13(9-12)15(10-16-14)17-5-7-18-8-6-17/h3-4,9,11,15-16H,5-8,10H2,1-2H3. The third kappa shape index (κ3) is 2.13. The lowest BCUT2D eigenvalue weighted by atomic mass is 9.97. The second-order valence-electron chi connectivity index (χ2n) is 5.55. The molecule has 1 aromatic carbocycles. The number of anilines is 1. The van der Waals surface area contributed by atoms with Gasteiger partial charge in [0.05, 0.1) is 19.3 Å². The van der Waals surface area contributed by atoms with Gasteiger partial charge in [0.1, 0.15) is 0 Å². The molecule has 0 bridgehead atoms. The fourth-order valence-electron chi connectivity index (χ4n) is 2.91. The van der Waals surface area contributed by atoms with Crippen LogP contribution in [0.5, 0.6) is 0 Å². The predicted molar refractivity (Wildman–Crippen MR) is 74.2 cm³/mol. The van der Waals surface area contributed by atoms with E-state index in [1.54, 1.807) is 0 Å². The normalized spacial score (nSPS) is 24.1. The lowest BCUT2D eigenvalue weighted by Gasteiger charge is -2.32. The first-order chi connectivity index (χ1) is 8.75. The van der Waals surface area contributed by atoms with Crippen LogP contribution in [0.15, 0.2) is 18.2 Å². The summed E-state index contributed by atoms with van der Waals surface area (Å²) in [5.41, 5.74) is 4.23. The van der Waals surface area contributed by atoms with Crippen molar-refractivity contribution in [2.75, 3.05) is 38.2 Å². The number of hydrogen-bond donors (Lipinski definition) is 1. The van der Waals surface area contributed by atoms with Crippen LogP contribution in [0.1, 0.15) is 36.9 Å². The molecule has 18 heavy (non-hydrogen) atoms. The molecule has 0 aliphatic carbocycles. The molecule has 1 unspecified atom stereocenters. The van der Waals surface area contributed by atoms with E-state index in [0.29, 0.717) is 12.0 Å². The molecule has 3 heteroatoms. The zero-order valence-electron chi connectivity index (χ0n) is 11.3. The van der Waals surface area contributed by atoms with E-state index < -0.39 is 0 Å². The highest BCUT2D eigenvalue weighted by atomic mass is 16.5. The third-order valence-electron chi connectivity index (χ3n) is 4.07. The number of benzene rings is 1. The zero-order chi connectivity index (χ0) is 12.5. The molecule has 1 N–H and O–H groups in total. The van der Waals surface area contributed by atoms with Gasteiger partial charge in [0.2, 0.25) is 0 Å².